The first-order valence-electron chi connectivity index (χ1n) is 28.6. The molecule has 1 aromatic heterocycles. The molecule has 4 heterocycles. The average molecular weight is 1150 g/mol. The van der Waals surface area contributed by atoms with Gasteiger partial charge in [0.15, 0.2) is 49.1 Å². The van der Waals surface area contributed by atoms with Crippen molar-refractivity contribution in [3.8, 4) is 22.3 Å². The largest absolute Gasteiger partial charge is 0.456 e. The lowest BCUT2D eigenvalue weighted by Crippen LogP contribution is -2.64. The van der Waals surface area contributed by atoms with E-state index in [9.17, 15) is 28.8 Å². The van der Waals surface area contributed by atoms with Gasteiger partial charge < -0.3 is 52.8 Å². The SMILES string of the molecule is CC(=O)OC1COC(N2NNC=C2COCCCCCCC2(CCCCCCOCc3cn(C4OCC(OC(C)=O)C(OC(C)=O)C4OC(C)=O)nn3)c3cc(C)ccc3-c3ccc(-c4ccc(C)cc4)cc32)C(OC(C)=O)C1OC(C)=O. The summed E-state index contributed by atoms with van der Waals surface area (Å²) in [6.07, 6.45) is 4.45. The van der Waals surface area contributed by atoms with Crippen molar-refractivity contribution >= 4 is 35.8 Å². The van der Waals surface area contributed by atoms with Crippen molar-refractivity contribution in [2.75, 3.05) is 33.0 Å². The van der Waals surface area contributed by atoms with Crippen LogP contribution in [0.1, 0.15) is 140 Å². The Kier molecular flexibility index (Phi) is 21.5. The summed E-state index contributed by atoms with van der Waals surface area (Å²) in [5, 5.41) is 10.1. The third-order valence-corrected chi connectivity index (χ3v) is 15.1. The number of aromatic nitrogens is 3. The number of esters is 6. The van der Waals surface area contributed by atoms with Crippen LogP contribution in [0.5, 0.6) is 0 Å². The molecule has 0 bridgehead atoms. The number of rotatable bonds is 27. The van der Waals surface area contributed by atoms with Crippen LogP contribution in [0.25, 0.3) is 22.3 Å². The molecule has 9 unspecified atom stereocenters. The Morgan fingerprint density at radius 1 is 0.554 bits per heavy atom. The Labute approximate surface area is 484 Å². The van der Waals surface area contributed by atoms with Crippen LogP contribution in [-0.4, -0.2) is 132 Å². The van der Waals surface area contributed by atoms with Crippen LogP contribution in [0.3, 0.4) is 0 Å². The van der Waals surface area contributed by atoms with Crippen molar-refractivity contribution in [3.63, 3.8) is 0 Å². The minimum absolute atomic E-state index is 0.111. The van der Waals surface area contributed by atoms with E-state index in [-0.39, 0.29) is 31.8 Å². The summed E-state index contributed by atoms with van der Waals surface area (Å²) in [6.45, 7) is 12.8. The molecule has 22 heteroatoms. The van der Waals surface area contributed by atoms with E-state index in [0.29, 0.717) is 24.6 Å². The third kappa shape index (κ3) is 15.9. The highest BCUT2D eigenvalue weighted by molar-refractivity contribution is 5.84. The van der Waals surface area contributed by atoms with Crippen LogP contribution in [0.4, 0.5) is 0 Å². The molecule has 2 N–H and O–H groups in total. The number of nitrogens with zero attached hydrogens (tertiary/aromatic N) is 4. The number of carbonyl (C=O) groups excluding carboxylic acids is 6. The van der Waals surface area contributed by atoms with Gasteiger partial charge in [-0.2, -0.15) is 0 Å². The maximum Gasteiger partial charge on any atom is 0.303 e. The maximum atomic E-state index is 12.3. The minimum atomic E-state index is -1.17. The van der Waals surface area contributed by atoms with Crippen molar-refractivity contribution < 1.29 is 76.1 Å². The lowest BCUT2D eigenvalue weighted by molar-refractivity contribution is -0.251. The molecule has 4 aliphatic rings. The number of fused-ring (bicyclic) bond motifs is 3. The summed E-state index contributed by atoms with van der Waals surface area (Å²) in [4.78, 5) is 72.5. The van der Waals surface area contributed by atoms with Gasteiger partial charge in [-0.15, -0.1) is 10.6 Å². The number of nitrogens with one attached hydrogen (secondary N) is 2. The second kappa shape index (κ2) is 28.8. The van der Waals surface area contributed by atoms with Crippen LogP contribution in [-0.2, 0) is 88.2 Å². The highest BCUT2D eigenvalue weighted by atomic mass is 16.7. The van der Waals surface area contributed by atoms with Crippen molar-refractivity contribution in [1.82, 2.24) is 31.0 Å². The molecule has 8 rings (SSSR count). The van der Waals surface area contributed by atoms with Gasteiger partial charge in [0.1, 0.15) is 5.69 Å². The zero-order chi connectivity index (χ0) is 59.2. The van der Waals surface area contributed by atoms with Gasteiger partial charge in [-0.05, 0) is 79.0 Å². The molecular formula is C61H78N6O16. The Bertz CT molecular complexity index is 2950. The summed E-state index contributed by atoms with van der Waals surface area (Å²) >= 11 is 0. The Hall–Kier alpha value is -7.24. The van der Waals surface area contributed by atoms with Gasteiger partial charge in [-0.3, -0.25) is 33.8 Å². The lowest BCUT2D eigenvalue weighted by Gasteiger charge is -2.44. The first kappa shape index (κ1) is 61.8. The first-order valence-corrected chi connectivity index (χ1v) is 28.6. The number of hydrogen-bond acceptors (Lipinski definition) is 21. The fourth-order valence-corrected chi connectivity index (χ4v) is 11.6. The lowest BCUT2D eigenvalue weighted by atomic mass is 9.70. The van der Waals surface area contributed by atoms with Gasteiger partial charge in [-0.1, -0.05) is 109 Å². The number of carbonyl (C=O) groups is 6. The van der Waals surface area contributed by atoms with Crippen molar-refractivity contribution in [2.45, 2.75) is 181 Å². The Morgan fingerprint density at radius 3 is 1.61 bits per heavy atom. The predicted octanol–water partition coefficient (Wildman–Crippen LogP) is 7.60. The number of hydrogen-bond donors (Lipinski definition) is 2. The molecule has 0 saturated carbocycles. The molecule has 2 saturated heterocycles. The zero-order valence-electron chi connectivity index (χ0n) is 48.7. The fourth-order valence-electron chi connectivity index (χ4n) is 11.6. The second-order valence-corrected chi connectivity index (χ2v) is 21.7. The quantitative estimate of drug-likeness (QED) is 0.0331. The molecule has 3 aliphatic heterocycles. The van der Waals surface area contributed by atoms with E-state index in [2.05, 4.69) is 95.8 Å². The van der Waals surface area contributed by atoms with E-state index in [0.717, 1.165) is 64.2 Å². The number of aryl methyl sites for hydroxylation is 2. The van der Waals surface area contributed by atoms with Crippen molar-refractivity contribution in [1.29, 1.82) is 0 Å². The Morgan fingerprint density at radius 2 is 1.04 bits per heavy atom. The number of unbranched alkanes of at least 4 members (excludes halogenated alkanes) is 6. The molecule has 0 radical (unpaired) electrons. The van der Waals surface area contributed by atoms with Crippen LogP contribution in [0, 0.1) is 13.8 Å². The van der Waals surface area contributed by atoms with E-state index in [1.54, 1.807) is 17.4 Å². The van der Waals surface area contributed by atoms with Crippen LogP contribution >= 0.6 is 0 Å². The molecule has 0 spiro atoms. The highest BCUT2D eigenvalue weighted by Crippen LogP contribution is 2.55. The number of ether oxygens (including phenoxy) is 10. The van der Waals surface area contributed by atoms with Crippen LogP contribution in [0.15, 0.2) is 78.8 Å². The minimum Gasteiger partial charge on any atom is -0.456 e. The predicted molar refractivity (Wildman–Crippen MR) is 298 cm³/mol. The van der Waals surface area contributed by atoms with Gasteiger partial charge in [0.2, 0.25) is 0 Å². The van der Waals surface area contributed by atoms with Gasteiger partial charge >= 0.3 is 35.8 Å². The molecule has 2 fully saturated rings. The topological polar surface area (TPSA) is 253 Å². The molecular weight excluding hydrogens is 1070 g/mol. The molecule has 3 aromatic carbocycles. The van der Waals surface area contributed by atoms with E-state index in [4.69, 9.17) is 47.4 Å². The third-order valence-electron chi connectivity index (χ3n) is 15.1. The van der Waals surface area contributed by atoms with Crippen molar-refractivity contribution in [2.24, 2.45) is 0 Å². The first-order chi connectivity index (χ1) is 39.9. The maximum absolute atomic E-state index is 12.3. The monoisotopic (exact) mass is 1150 g/mol. The molecule has 22 nitrogen and oxygen atoms in total. The van der Waals surface area contributed by atoms with E-state index in [1.807, 2.05) is 0 Å². The number of benzene rings is 3. The number of hydrazine groups is 2. The fraction of sp³-hybridized carbons (Fsp3) is 0.541. The average Bonchev–Trinajstić information content (AvgIpc) is 4.33. The molecule has 4 aromatic rings. The summed E-state index contributed by atoms with van der Waals surface area (Å²) in [6, 6.07) is 22.7. The summed E-state index contributed by atoms with van der Waals surface area (Å²) < 4.78 is 58.7. The van der Waals surface area contributed by atoms with Gasteiger partial charge in [0, 0.05) is 66.4 Å². The normalized spacial score (nSPS) is 23.5. The molecule has 0 amide bonds. The van der Waals surface area contributed by atoms with Gasteiger partial charge in [0.25, 0.3) is 0 Å². The van der Waals surface area contributed by atoms with Gasteiger partial charge in [-0.25, -0.2) is 4.68 Å². The summed E-state index contributed by atoms with van der Waals surface area (Å²) in [7, 11) is 0. The molecule has 83 heavy (non-hydrogen) atoms. The van der Waals surface area contributed by atoms with Crippen LogP contribution < -0.4 is 11.0 Å². The molecule has 1 aliphatic carbocycles. The molecule has 448 valence electrons. The molecule has 9 atom stereocenters. The standard InChI is InChI=1S/C61H78N6O16/c1-37-17-20-45(21-18-37)46-22-24-50-49-23-19-38(2)29-51(49)61(52(50)30-46,25-13-9-11-15-27-74-33-47-32-66(65-63-47)59-57(82-43(7)72)55(80-41(5)70)53(35-76-59)78-39(3)68)26-14-10-12-16-28-75-34-48-31-62-64-67(48)60-58(83-44(8)73)56(81-42(6)71)54(36-77-60)79-40(4)69/h17-24,29-32,53-60,62,64H,9-16,25-28,33-36H2,1-8H3. The van der Waals surface area contributed by atoms with Crippen molar-refractivity contribution in [3.05, 3.63) is 107 Å². The Balaban J connectivity index is 0.864. The highest BCUT2D eigenvalue weighted by Gasteiger charge is 2.51. The van der Waals surface area contributed by atoms with E-state index >= 15 is 0 Å². The van der Waals surface area contributed by atoms with E-state index < -0.39 is 84.9 Å². The zero-order valence-corrected chi connectivity index (χ0v) is 48.7. The van der Waals surface area contributed by atoms with E-state index in [1.165, 1.54) is 90.7 Å². The van der Waals surface area contributed by atoms with Gasteiger partial charge in [0.05, 0.1) is 38.3 Å². The summed E-state index contributed by atoms with van der Waals surface area (Å²) in [5.74, 6) is -3.76. The summed E-state index contributed by atoms with van der Waals surface area (Å²) in [5.41, 5.74) is 17.2. The van der Waals surface area contributed by atoms with Crippen LogP contribution in [0.2, 0.25) is 0 Å². The second-order valence-electron chi connectivity index (χ2n) is 21.7. The smallest absolute Gasteiger partial charge is 0.303 e.